The molecule has 0 radical (unpaired) electrons. The molecule has 21 heavy (non-hydrogen) atoms. The van der Waals surface area contributed by atoms with Gasteiger partial charge in [0.05, 0.1) is 10.6 Å². The molecule has 7 heteroatoms. The third-order valence-corrected chi connectivity index (χ3v) is 3.84. The summed E-state index contributed by atoms with van der Waals surface area (Å²) in [5.41, 5.74) is 0.371. The molecule has 3 N–H and O–H groups in total. The van der Waals surface area contributed by atoms with Crippen molar-refractivity contribution in [3.05, 3.63) is 28.8 Å². The molecular weight excluding hydrogens is 294 g/mol. The molecule has 1 fully saturated rings. The summed E-state index contributed by atoms with van der Waals surface area (Å²) in [6.45, 7) is 1.91. The molecule has 2 amide bonds. The maximum Gasteiger partial charge on any atom is 0.337 e. The molecule has 0 aliphatic carbocycles. The summed E-state index contributed by atoms with van der Waals surface area (Å²) in [5, 5.41) is 14.7. The summed E-state index contributed by atoms with van der Waals surface area (Å²) >= 11 is 5.78. The van der Waals surface area contributed by atoms with Gasteiger partial charge < -0.3 is 20.6 Å². The van der Waals surface area contributed by atoms with Crippen LogP contribution in [0.1, 0.15) is 23.2 Å². The van der Waals surface area contributed by atoms with Gasteiger partial charge in [-0.15, -0.1) is 0 Å². The van der Waals surface area contributed by atoms with Crippen LogP contribution < -0.4 is 10.6 Å². The summed E-state index contributed by atoms with van der Waals surface area (Å²) in [4.78, 5) is 25.1. The number of carboxylic acid groups (broad SMARTS) is 1. The van der Waals surface area contributed by atoms with Crippen molar-refractivity contribution in [2.24, 2.45) is 0 Å². The number of amides is 2. The minimum atomic E-state index is -1.13. The predicted octanol–water partition coefficient (Wildman–Crippen LogP) is 2.25. The van der Waals surface area contributed by atoms with Crippen LogP contribution in [0, 0.1) is 0 Å². The lowest BCUT2D eigenvalue weighted by Crippen LogP contribution is -2.44. The summed E-state index contributed by atoms with van der Waals surface area (Å²) in [5.74, 6) is -1.13. The summed E-state index contributed by atoms with van der Waals surface area (Å²) in [6, 6.07) is 4.19. The number of carboxylic acids is 1. The zero-order valence-corrected chi connectivity index (χ0v) is 12.5. The van der Waals surface area contributed by atoms with Crippen LogP contribution >= 0.6 is 11.6 Å². The van der Waals surface area contributed by atoms with Gasteiger partial charge in [-0.3, -0.25) is 0 Å². The second kappa shape index (κ2) is 6.78. The van der Waals surface area contributed by atoms with Gasteiger partial charge in [-0.2, -0.15) is 0 Å². The quantitative estimate of drug-likeness (QED) is 0.799. The molecule has 0 spiro atoms. The average molecular weight is 312 g/mol. The topological polar surface area (TPSA) is 81.7 Å². The molecule has 2 rings (SSSR count). The van der Waals surface area contributed by atoms with E-state index in [0.717, 1.165) is 25.9 Å². The third-order valence-electron chi connectivity index (χ3n) is 3.51. The van der Waals surface area contributed by atoms with Crippen LogP contribution in [0.2, 0.25) is 5.02 Å². The van der Waals surface area contributed by atoms with Gasteiger partial charge in [0.15, 0.2) is 0 Å². The molecule has 6 nitrogen and oxygen atoms in total. The Balaban J connectivity index is 1.93. The molecule has 1 heterocycles. The van der Waals surface area contributed by atoms with Crippen LogP contribution in [0.3, 0.4) is 0 Å². The van der Waals surface area contributed by atoms with Crippen molar-refractivity contribution in [2.75, 3.05) is 25.5 Å². The first-order valence-corrected chi connectivity index (χ1v) is 7.12. The fourth-order valence-corrected chi connectivity index (χ4v) is 2.47. The average Bonchev–Trinajstić information content (AvgIpc) is 2.43. The number of hydrogen-bond acceptors (Lipinski definition) is 3. The van der Waals surface area contributed by atoms with E-state index in [1.165, 1.54) is 12.1 Å². The molecule has 0 aromatic heterocycles. The van der Waals surface area contributed by atoms with Gasteiger partial charge in [-0.25, -0.2) is 9.59 Å². The van der Waals surface area contributed by atoms with Gasteiger partial charge in [-0.05, 0) is 51.2 Å². The second-order valence-corrected chi connectivity index (χ2v) is 5.58. The predicted molar refractivity (Wildman–Crippen MR) is 81.1 cm³/mol. The van der Waals surface area contributed by atoms with Gasteiger partial charge in [0, 0.05) is 11.7 Å². The summed E-state index contributed by atoms with van der Waals surface area (Å²) < 4.78 is 0. The number of likely N-dealkylation sites (tertiary alicyclic amines) is 1. The van der Waals surface area contributed by atoms with E-state index < -0.39 is 5.97 Å². The number of carbonyl (C=O) groups is 2. The molecule has 1 aromatic carbocycles. The lowest BCUT2D eigenvalue weighted by atomic mass is 10.1. The lowest BCUT2D eigenvalue weighted by Gasteiger charge is -2.29. The zero-order valence-electron chi connectivity index (χ0n) is 11.7. The SMILES string of the molecule is CN1CCC(NC(=O)Nc2ccc(Cl)c(C(=O)O)c2)CC1. The van der Waals surface area contributed by atoms with E-state index in [-0.39, 0.29) is 22.7 Å². The van der Waals surface area contributed by atoms with E-state index >= 15 is 0 Å². The molecule has 1 aromatic rings. The number of urea groups is 1. The van der Waals surface area contributed by atoms with E-state index in [4.69, 9.17) is 16.7 Å². The fourth-order valence-electron chi connectivity index (χ4n) is 2.27. The van der Waals surface area contributed by atoms with Crippen molar-refractivity contribution in [1.82, 2.24) is 10.2 Å². The first-order chi connectivity index (χ1) is 9.95. The van der Waals surface area contributed by atoms with Gasteiger partial charge >= 0.3 is 12.0 Å². The molecular formula is C14H18ClN3O3. The highest BCUT2D eigenvalue weighted by Crippen LogP contribution is 2.20. The molecule has 0 saturated carbocycles. The van der Waals surface area contributed by atoms with E-state index in [1.54, 1.807) is 6.07 Å². The number of rotatable bonds is 3. The number of nitrogens with zero attached hydrogens (tertiary/aromatic N) is 1. The molecule has 114 valence electrons. The van der Waals surface area contributed by atoms with Crippen LogP contribution in [0.4, 0.5) is 10.5 Å². The number of carbonyl (C=O) groups excluding carboxylic acids is 1. The van der Waals surface area contributed by atoms with Crippen molar-refractivity contribution in [2.45, 2.75) is 18.9 Å². The van der Waals surface area contributed by atoms with Crippen molar-refractivity contribution < 1.29 is 14.7 Å². The Morgan fingerprint density at radius 2 is 2.00 bits per heavy atom. The highest BCUT2D eigenvalue weighted by molar-refractivity contribution is 6.33. The summed E-state index contributed by atoms with van der Waals surface area (Å²) in [7, 11) is 2.05. The van der Waals surface area contributed by atoms with Crippen LogP contribution in [-0.2, 0) is 0 Å². The van der Waals surface area contributed by atoms with Gasteiger partial charge in [0.2, 0.25) is 0 Å². The van der Waals surface area contributed by atoms with E-state index in [0.29, 0.717) is 5.69 Å². The van der Waals surface area contributed by atoms with Gasteiger partial charge in [-0.1, -0.05) is 11.6 Å². The number of benzene rings is 1. The van der Waals surface area contributed by atoms with Crippen LogP contribution in [0.25, 0.3) is 0 Å². The van der Waals surface area contributed by atoms with Crippen molar-refractivity contribution in [3.8, 4) is 0 Å². The van der Waals surface area contributed by atoms with E-state index in [2.05, 4.69) is 22.6 Å². The van der Waals surface area contributed by atoms with Crippen LogP contribution in [-0.4, -0.2) is 48.2 Å². The largest absolute Gasteiger partial charge is 0.478 e. The van der Waals surface area contributed by atoms with Crippen molar-refractivity contribution in [1.29, 1.82) is 0 Å². The minimum Gasteiger partial charge on any atom is -0.478 e. The maximum absolute atomic E-state index is 11.9. The van der Waals surface area contributed by atoms with Crippen LogP contribution in [0.15, 0.2) is 18.2 Å². The van der Waals surface area contributed by atoms with Gasteiger partial charge in [0.25, 0.3) is 0 Å². The molecule has 0 bridgehead atoms. The van der Waals surface area contributed by atoms with Gasteiger partial charge in [0.1, 0.15) is 0 Å². The first kappa shape index (κ1) is 15.6. The lowest BCUT2D eigenvalue weighted by molar-refractivity contribution is 0.0697. The Morgan fingerprint density at radius 1 is 1.33 bits per heavy atom. The van der Waals surface area contributed by atoms with E-state index in [1.807, 2.05) is 0 Å². The maximum atomic E-state index is 11.9. The van der Waals surface area contributed by atoms with Crippen LogP contribution in [0.5, 0.6) is 0 Å². The highest BCUT2D eigenvalue weighted by atomic mass is 35.5. The normalized spacial score (nSPS) is 16.5. The third kappa shape index (κ3) is 4.34. The Labute approximate surface area is 128 Å². The van der Waals surface area contributed by atoms with Crippen molar-refractivity contribution in [3.63, 3.8) is 0 Å². The Bertz CT molecular complexity index is 542. The smallest absolute Gasteiger partial charge is 0.337 e. The van der Waals surface area contributed by atoms with Crippen molar-refractivity contribution >= 4 is 29.3 Å². The number of piperidine rings is 1. The fraction of sp³-hybridized carbons (Fsp3) is 0.429. The number of aromatic carboxylic acids is 1. The zero-order chi connectivity index (χ0) is 15.4. The molecule has 1 saturated heterocycles. The number of anilines is 1. The number of nitrogens with one attached hydrogen (secondary N) is 2. The Morgan fingerprint density at radius 3 is 2.62 bits per heavy atom. The molecule has 1 aliphatic rings. The molecule has 0 unspecified atom stereocenters. The number of hydrogen-bond donors (Lipinski definition) is 3. The highest BCUT2D eigenvalue weighted by Gasteiger charge is 2.18. The number of halogens is 1. The van der Waals surface area contributed by atoms with E-state index in [9.17, 15) is 9.59 Å². The second-order valence-electron chi connectivity index (χ2n) is 5.18. The first-order valence-electron chi connectivity index (χ1n) is 6.74. The standard InChI is InChI=1S/C14H18ClN3O3/c1-18-6-4-9(5-7-18)16-14(21)17-10-2-3-12(15)11(8-10)13(19)20/h2-3,8-9H,4-7H2,1H3,(H,19,20)(H2,16,17,21). The minimum absolute atomic E-state index is 0.0336. The monoisotopic (exact) mass is 311 g/mol. The Kier molecular flexibility index (Phi) is 5.03. The molecule has 0 atom stereocenters. The Hall–Kier alpha value is -1.79. The summed E-state index contributed by atoms with van der Waals surface area (Å²) in [6.07, 6.45) is 1.82. The molecule has 1 aliphatic heterocycles.